The number of carboxylic acids is 4. The van der Waals surface area contributed by atoms with Crippen molar-refractivity contribution in [3.63, 3.8) is 0 Å². The minimum absolute atomic E-state index is 0. The molecule has 12 aromatic rings. The number of hydrogen-bond donors (Lipinski definition) is 4. The molecule has 1 radical (unpaired) electrons. The van der Waals surface area contributed by atoms with Gasteiger partial charge in [0.05, 0.1) is 64.2 Å². The zero-order valence-corrected chi connectivity index (χ0v) is 65.4. The van der Waals surface area contributed by atoms with Crippen molar-refractivity contribution >= 4 is 89.8 Å². The quantitative estimate of drug-likeness (QED) is 0.0382. The SMILES string of the molecule is CS(C)=O.CS(C)=O.CS(C)=O.CS(C)=O.O=C(O)c1ccc([C+]2c3ccc([n-]3)[C+](c3ccc(C(=O)O)cc3)c3ccc([n-]3)[C+](c3ccc(C(=O)O)cc3)c3ccc([n-]3)[C+](c3ccc(C(=O)O)cc3)c3ccc2[n-]3)cc1.O=[N+]([O-])c1ccccc1.O=[N+]([O-])c1ccccc1.O=[N+]([O-])c1ccccc1.O=[N+]([O-])c1ccccc1.[Cu]. The number of carboxylic acid groups (broad SMARTS) is 4. The van der Waals surface area contributed by atoms with Crippen LogP contribution < -0.4 is 19.9 Å². The monoisotopic (exact) mass is 1660 g/mol. The van der Waals surface area contributed by atoms with Gasteiger partial charge in [0.25, 0.3) is 22.7 Å². The van der Waals surface area contributed by atoms with E-state index < -0.39 is 86.8 Å². The first-order valence-corrected chi connectivity index (χ1v) is 40.2. The van der Waals surface area contributed by atoms with Gasteiger partial charge in [-0.2, -0.15) is 0 Å². The van der Waals surface area contributed by atoms with Gasteiger partial charge < -0.3 is 40.4 Å². The van der Waals surface area contributed by atoms with E-state index in [0.717, 1.165) is 0 Å². The topological polar surface area (TPSA) is 446 Å². The fraction of sp³-hybridized carbons (Fsp3) is 0.100. The number of non-ortho nitro benzene ring substituents is 4. The number of nitro groups is 4. The van der Waals surface area contributed by atoms with Gasteiger partial charge in [-0.1, -0.05) is 72.8 Å². The zero-order valence-electron chi connectivity index (χ0n) is 61.2. The van der Waals surface area contributed by atoms with Crippen LogP contribution in [0.25, 0.3) is 0 Å². The van der Waals surface area contributed by atoms with Gasteiger partial charge in [-0.05, 0) is 94.1 Å². The summed E-state index contributed by atoms with van der Waals surface area (Å²) < 4.78 is 38.2. The Balaban J connectivity index is 0.000000404. The number of nitrogens with zero attached hydrogens (tertiary/aromatic N) is 8. The summed E-state index contributed by atoms with van der Waals surface area (Å²) in [6, 6.07) is 72.0. The summed E-state index contributed by atoms with van der Waals surface area (Å²) in [5.74, 6) is -1.89. The molecule has 113 heavy (non-hydrogen) atoms. The second kappa shape index (κ2) is 46.5. The van der Waals surface area contributed by atoms with Crippen molar-refractivity contribution in [1.29, 1.82) is 0 Å². The number of aromatic nitrogens is 4. The molecule has 0 saturated heterocycles. The van der Waals surface area contributed by atoms with Gasteiger partial charge >= 0.3 is 23.9 Å². The van der Waals surface area contributed by atoms with Gasteiger partial charge in [0, 0.05) is 280 Å². The van der Waals surface area contributed by atoms with E-state index in [1.807, 2.05) is 48.5 Å². The number of benzene rings is 8. The van der Waals surface area contributed by atoms with E-state index in [1.54, 1.807) is 171 Å². The van der Waals surface area contributed by atoms with E-state index in [4.69, 9.17) is 19.9 Å². The van der Waals surface area contributed by atoms with Crippen LogP contribution >= 0.6 is 0 Å². The van der Waals surface area contributed by atoms with Crippen molar-refractivity contribution in [2.45, 2.75) is 0 Å². The van der Waals surface area contributed by atoms with Gasteiger partial charge in [0.2, 0.25) is 0 Å². The molecule has 0 aliphatic carbocycles. The molecule has 587 valence electrons. The second-order valence-electron chi connectivity index (χ2n) is 23.2. The predicted octanol–water partition coefficient (Wildman–Crippen LogP) is 13.1. The Morgan fingerprint density at radius 1 is 0.257 bits per heavy atom. The first-order valence-electron chi connectivity index (χ1n) is 32.4. The van der Waals surface area contributed by atoms with E-state index in [-0.39, 0.29) is 62.1 Å². The minimum Gasteiger partial charge on any atom is -0.628 e. The van der Waals surface area contributed by atoms with Crippen LogP contribution in [0.5, 0.6) is 0 Å². The summed E-state index contributed by atoms with van der Waals surface area (Å²) in [6.45, 7) is 0. The van der Waals surface area contributed by atoms with Crippen molar-refractivity contribution in [2.75, 3.05) is 50.0 Å². The van der Waals surface area contributed by atoms with E-state index in [9.17, 15) is 96.9 Å². The van der Waals surface area contributed by atoms with Gasteiger partial charge in [0.15, 0.2) is 0 Å². The van der Waals surface area contributed by atoms with Crippen LogP contribution in [0.4, 0.5) is 22.7 Å². The summed E-state index contributed by atoms with van der Waals surface area (Å²) in [4.78, 5) is 106. The molecule has 8 bridgehead atoms. The number of carbonyl (C=O) groups is 4. The van der Waals surface area contributed by atoms with Crippen LogP contribution in [0.15, 0.2) is 267 Å². The van der Waals surface area contributed by atoms with Gasteiger partial charge in [-0.3, -0.25) is 57.3 Å². The Labute approximate surface area is 669 Å². The van der Waals surface area contributed by atoms with Crippen molar-refractivity contribution in [2.24, 2.45) is 0 Å². The Morgan fingerprint density at radius 2 is 0.381 bits per heavy atom. The maximum atomic E-state index is 11.8. The Bertz CT molecular complexity index is 4430. The maximum absolute atomic E-state index is 11.8. The van der Waals surface area contributed by atoms with Crippen LogP contribution in [-0.4, -0.2) is 131 Å². The van der Waals surface area contributed by atoms with Crippen LogP contribution in [-0.2, 0) is 60.3 Å². The van der Waals surface area contributed by atoms with E-state index in [2.05, 4.69) is 0 Å². The summed E-state index contributed by atoms with van der Waals surface area (Å²) in [5.41, 5.74) is 7.67. The maximum Gasteiger partial charge on any atom is 0.337 e. The third-order valence-electron chi connectivity index (χ3n) is 14.2. The van der Waals surface area contributed by atoms with Crippen molar-refractivity contribution in [3.05, 3.63) is 421 Å². The van der Waals surface area contributed by atoms with Crippen molar-refractivity contribution in [1.82, 2.24) is 19.9 Å². The summed E-state index contributed by atoms with van der Waals surface area (Å²) in [5, 5.41) is 78.7. The average molecular weight is 1660 g/mol. The number of rotatable bonds is 12. The minimum atomic E-state index is -1.07. The average Bonchev–Trinajstić information content (AvgIpc) is 1.62. The molecule has 0 amide bonds. The molecular weight excluding hydrogens is 1580 g/mol. The Kier molecular flexibility index (Phi) is 38.0. The molecule has 8 aromatic carbocycles. The standard InChI is InChI=1S/C48H28N4O8.4C6H5NO2.4C2H6OS.Cu/c53-45(54)29-9-1-25(2-10-29)41-33-17-19-35(49-33)42(26-3-11-30(12-4-26)46(55)56)37-21-23-39(51-37)44(28-7-15-32(16-8-28)48(59)60)40-24-22-38(52-40)43(36-20-18-34(41)50-36)27-5-13-31(14-6-27)47(57)58;4*8-7(9)6-4-2-1-3-5-6;4*1-4(2)3;/h1-24H,(H,53,54)(H,55,56)(H,57,58)(H,59,60);4*1-5H;4*1-2H3;. The van der Waals surface area contributed by atoms with Crippen LogP contribution in [0.1, 0.15) is 109 Å². The molecule has 33 heteroatoms. The van der Waals surface area contributed by atoms with Crippen molar-refractivity contribution < 1.29 is 93.2 Å². The third kappa shape index (κ3) is 30.4. The molecule has 0 atom stereocenters. The first kappa shape index (κ1) is 92.3. The van der Waals surface area contributed by atoms with Crippen LogP contribution in [0.2, 0.25) is 0 Å². The molecule has 1 aliphatic heterocycles. The molecular formula is C80H72CuN8O20S4. The molecule has 5 heterocycles. The Morgan fingerprint density at radius 3 is 0.478 bits per heavy atom. The van der Waals surface area contributed by atoms with Gasteiger partial charge in [0.1, 0.15) is 0 Å². The molecule has 0 unspecified atom stereocenters. The molecule has 0 spiro atoms. The molecule has 13 rings (SSSR count). The fourth-order valence-electron chi connectivity index (χ4n) is 9.59. The molecule has 4 N–H and O–H groups in total. The molecule has 1 aliphatic rings. The summed E-state index contributed by atoms with van der Waals surface area (Å²) in [7, 11) is -2.44. The first-order chi connectivity index (χ1) is 53.2. The number of fused-ring (bicyclic) bond motifs is 8. The molecule has 0 fully saturated rings. The molecule has 0 saturated carbocycles. The fourth-order valence-corrected chi connectivity index (χ4v) is 9.59. The molecule has 4 aromatic heterocycles. The smallest absolute Gasteiger partial charge is 0.337 e. The largest absolute Gasteiger partial charge is 0.628 e. The number of para-hydroxylation sites is 4. The van der Waals surface area contributed by atoms with E-state index in [1.165, 1.54) is 97.1 Å². The third-order valence-corrected chi connectivity index (χ3v) is 14.2. The van der Waals surface area contributed by atoms with Crippen LogP contribution in [0.3, 0.4) is 0 Å². The van der Waals surface area contributed by atoms with Crippen molar-refractivity contribution in [3.8, 4) is 0 Å². The zero-order chi connectivity index (χ0) is 82.7. The van der Waals surface area contributed by atoms with E-state index in [0.29, 0.717) is 91.5 Å². The second-order valence-corrected chi connectivity index (χ2v) is 29.2. The van der Waals surface area contributed by atoms with Crippen LogP contribution in [0, 0.1) is 64.1 Å². The number of aromatic carboxylic acids is 4. The number of hydrogen-bond acceptors (Lipinski definition) is 16. The van der Waals surface area contributed by atoms with E-state index >= 15 is 0 Å². The van der Waals surface area contributed by atoms with Gasteiger partial charge in [-0.25, -0.2) is 19.2 Å². The normalized spacial score (nSPS) is 10.7. The predicted molar refractivity (Wildman–Crippen MR) is 427 cm³/mol. The van der Waals surface area contributed by atoms with Gasteiger partial charge in [-0.15, -0.1) is 0 Å². The molecule has 28 nitrogen and oxygen atoms in total. The Hall–Kier alpha value is -13.0. The number of nitro benzene ring substituents is 4. The summed E-state index contributed by atoms with van der Waals surface area (Å²) >= 11 is 0. The summed E-state index contributed by atoms with van der Waals surface area (Å²) in [6.07, 6.45) is 13.1.